The SMILES string of the molecule is CC#CC(CC)CC(C)(C)CC. The Kier molecular flexibility index (Phi) is 5.06. The van der Waals surface area contributed by atoms with Gasteiger partial charge >= 0.3 is 0 Å². The van der Waals surface area contributed by atoms with Crippen molar-refractivity contribution in [2.75, 3.05) is 0 Å². The van der Waals surface area contributed by atoms with E-state index in [0.717, 1.165) is 0 Å². The van der Waals surface area contributed by atoms with Crippen molar-refractivity contribution in [3.63, 3.8) is 0 Å². The molecule has 0 fully saturated rings. The Morgan fingerprint density at radius 2 is 1.83 bits per heavy atom. The van der Waals surface area contributed by atoms with E-state index in [9.17, 15) is 0 Å². The first-order chi connectivity index (χ1) is 5.55. The number of hydrogen-bond donors (Lipinski definition) is 0. The summed E-state index contributed by atoms with van der Waals surface area (Å²) >= 11 is 0. The highest BCUT2D eigenvalue weighted by Crippen LogP contribution is 2.29. The molecule has 0 amide bonds. The van der Waals surface area contributed by atoms with Crippen LogP contribution in [0.3, 0.4) is 0 Å². The molecule has 0 radical (unpaired) electrons. The van der Waals surface area contributed by atoms with Gasteiger partial charge in [-0.25, -0.2) is 0 Å². The van der Waals surface area contributed by atoms with E-state index in [-0.39, 0.29) is 0 Å². The molecule has 0 rings (SSSR count). The summed E-state index contributed by atoms with van der Waals surface area (Å²) in [5.41, 5.74) is 0.463. The molecule has 70 valence electrons. The van der Waals surface area contributed by atoms with Crippen molar-refractivity contribution < 1.29 is 0 Å². The molecule has 0 heterocycles. The van der Waals surface area contributed by atoms with Crippen LogP contribution in [0.15, 0.2) is 0 Å². The van der Waals surface area contributed by atoms with E-state index in [0.29, 0.717) is 11.3 Å². The minimum absolute atomic E-state index is 0.463. The quantitative estimate of drug-likeness (QED) is 0.556. The summed E-state index contributed by atoms with van der Waals surface area (Å²) < 4.78 is 0. The molecule has 0 N–H and O–H groups in total. The predicted molar refractivity (Wildman–Crippen MR) is 55.9 cm³/mol. The van der Waals surface area contributed by atoms with E-state index in [2.05, 4.69) is 39.5 Å². The van der Waals surface area contributed by atoms with Crippen molar-refractivity contribution in [3.05, 3.63) is 0 Å². The summed E-state index contributed by atoms with van der Waals surface area (Å²) in [4.78, 5) is 0. The van der Waals surface area contributed by atoms with E-state index in [1.54, 1.807) is 0 Å². The Labute approximate surface area is 77.8 Å². The van der Waals surface area contributed by atoms with Gasteiger partial charge in [0.1, 0.15) is 0 Å². The van der Waals surface area contributed by atoms with E-state index < -0.39 is 0 Å². The zero-order valence-electron chi connectivity index (χ0n) is 9.20. The highest BCUT2D eigenvalue weighted by molar-refractivity contribution is 5.01. The van der Waals surface area contributed by atoms with Gasteiger partial charge in [-0.1, -0.05) is 34.1 Å². The molecule has 0 spiro atoms. The van der Waals surface area contributed by atoms with Crippen LogP contribution in [0.25, 0.3) is 0 Å². The van der Waals surface area contributed by atoms with Crippen molar-refractivity contribution >= 4 is 0 Å². The van der Waals surface area contributed by atoms with Gasteiger partial charge in [0.2, 0.25) is 0 Å². The fourth-order valence-corrected chi connectivity index (χ4v) is 1.31. The second kappa shape index (κ2) is 5.25. The largest absolute Gasteiger partial charge is 0.106 e. The van der Waals surface area contributed by atoms with Gasteiger partial charge in [-0.15, -0.1) is 11.8 Å². The van der Waals surface area contributed by atoms with Crippen LogP contribution in [0.2, 0.25) is 0 Å². The van der Waals surface area contributed by atoms with Crippen LogP contribution >= 0.6 is 0 Å². The van der Waals surface area contributed by atoms with Crippen LogP contribution < -0.4 is 0 Å². The zero-order valence-corrected chi connectivity index (χ0v) is 9.20. The second-order valence-corrected chi connectivity index (χ2v) is 4.22. The molecule has 0 aliphatic carbocycles. The average Bonchev–Trinajstić information content (AvgIpc) is 2.03. The molecule has 0 bridgehead atoms. The van der Waals surface area contributed by atoms with E-state index in [1.165, 1.54) is 19.3 Å². The molecule has 12 heavy (non-hydrogen) atoms. The summed E-state index contributed by atoms with van der Waals surface area (Å²) in [5, 5.41) is 0. The minimum atomic E-state index is 0.463. The Hall–Kier alpha value is -0.440. The van der Waals surface area contributed by atoms with Gasteiger partial charge < -0.3 is 0 Å². The minimum Gasteiger partial charge on any atom is -0.106 e. The van der Waals surface area contributed by atoms with Crippen LogP contribution in [-0.2, 0) is 0 Å². The van der Waals surface area contributed by atoms with Crippen LogP contribution in [0.1, 0.15) is 53.9 Å². The van der Waals surface area contributed by atoms with Crippen molar-refractivity contribution in [1.29, 1.82) is 0 Å². The summed E-state index contributed by atoms with van der Waals surface area (Å²) in [5.74, 6) is 6.89. The molecule has 0 aromatic rings. The Balaban J connectivity index is 4.07. The monoisotopic (exact) mass is 166 g/mol. The first-order valence-corrected chi connectivity index (χ1v) is 4.98. The van der Waals surface area contributed by atoms with Crippen molar-refractivity contribution in [1.82, 2.24) is 0 Å². The Bertz CT molecular complexity index is 166. The lowest BCUT2D eigenvalue weighted by Gasteiger charge is -2.25. The van der Waals surface area contributed by atoms with Crippen molar-refractivity contribution in [2.45, 2.75) is 53.9 Å². The molecule has 0 saturated carbocycles. The van der Waals surface area contributed by atoms with Gasteiger partial charge in [-0.3, -0.25) is 0 Å². The third-order valence-corrected chi connectivity index (χ3v) is 2.60. The molecule has 1 unspecified atom stereocenters. The molecule has 0 aromatic heterocycles. The molecule has 0 heteroatoms. The van der Waals surface area contributed by atoms with Gasteiger partial charge in [-0.2, -0.15) is 0 Å². The van der Waals surface area contributed by atoms with E-state index >= 15 is 0 Å². The number of hydrogen-bond acceptors (Lipinski definition) is 0. The van der Waals surface area contributed by atoms with Gasteiger partial charge in [0.15, 0.2) is 0 Å². The summed E-state index contributed by atoms with van der Waals surface area (Å²) in [6.07, 6.45) is 3.67. The van der Waals surface area contributed by atoms with Gasteiger partial charge in [0, 0.05) is 5.92 Å². The van der Waals surface area contributed by atoms with Crippen LogP contribution in [-0.4, -0.2) is 0 Å². The Morgan fingerprint density at radius 1 is 1.25 bits per heavy atom. The van der Waals surface area contributed by atoms with E-state index in [4.69, 9.17) is 0 Å². The lowest BCUT2D eigenvalue weighted by atomic mass is 9.80. The third kappa shape index (κ3) is 4.44. The van der Waals surface area contributed by atoms with Gasteiger partial charge in [0.05, 0.1) is 0 Å². The summed E-state index contributed by atoms with van der Waals surface area (Å²) in [6.45, 7) is 11.1. The molecular formula is C12H22. The topological polar surface area (TPSA) is 0 Å². The molecule has 0 nitrogen and oxygen atoms in total. The summed E-state index contributed by atoms with van der Waals surface area (Å²) in [7, 11) is 0. The molecule has 0 aromatic carbocycles. The van der Waals surface area contributed by atoms with Crippen LogP contribution in [0.4, 0.5) is 0 Å². The normalized spacial score (nSPS) is 13.4. The van der Waals surface area contributed by atoms with Crippen molar-refractivity contribution in [2.24, 2.45) is 11.3 Å². The first-order valence-electron chi connectivity index (χ1n) is 4.98. The molecule has 0 aliphatic rings. The molecular weight excluding hydrogens is 144 g/mol. The average molecular weight is 166 g/mol. The zero-order chi connectivity index (χ0) is 9.61. The first kappa shape index (κ1) is 11.6. The highest BCUT2D eigenvalue weighted by atomic mass is 14.2. The van der Waals surface area contributed by atoms with Gasteiger partial charge in [-0.05, 0) is 25.2 Å². The van der Waals surface area contributed by atoms with Crippen LogP contribution in [0, 0.1) is 23.2 Å². The van der Waals surface area contributed by atoms with Crippen molar-refractivity contribution in [3.8, 4) is 11.8 Å². The fourth-order valence-electron chi connectivity index (χ4n) is 1.31. The maximum Gasteiger partial charge on any atom is 0.0205 e. The summed E-state index contributed by atoms with van der Waals surface area (Å²) in [6, 6.07) is 0. The third-order valence-electron chi connectivity index (χ3n) is 2.60. The maximum absolute atomic E-state index is 3.27. The van der Waals surface area contributed by atoms with Crippen LogP contribution in [0.5, 0.6) is 0 Å². The molecule has 0 aliphatic heterocycles. The second-order valence-electron chi connectivity index (χ2n) is 4.22. The lowest BCUT2D eigenvalue weighted by Crippen LogP contribution is -2.14. The molecule has 0 saturated heterocycles. The predicted octanol–water partition coefficient (Wildman–Crippen LogP) is 3.86. The fraction of sp³-hybridized carbons (Fsp3) is 0.833. The van der Waals surface area contributed by atoms with E-state index in [1.807, 2.05) is 6.92 Å². The number of rotatable bonds is 4. The lowest BCUT2D eigenvalue weighted by molar-refractivity contribution is 0.282. The smallest absolute Gasteiger partial charge is 0.0205 e. The Morgan fingerprint density at radius 3 is 2.17 bits per heavy atom. The standard InChI is InChI=1S/C12H22/c1-6-9-11(7-2)10-12(4,5)8-3/h11H,7-8,10H2,1-5H3. The highest BCUT2D eigenvalue weighted by Gasteiger charge is 2.18. The molecule has 1 atom stereocenters. The maximum atomic E-state index is 3.27. The van der Waals surface area contributed by atoms with Gasteiger partial charge in [0.25, 0.3) is 0 Å².